The maximum atomic E-state index is 13.2. The summed E-state index contributed by atoms with van der Waals surface area (Å²) in [5.74, 6) is 0.187. The standard InChI is InChI=1S/C20H16Br2ClN3O3S2/c1-12-24-17-7-5-13(20(27)26(31(28)29)30-8-2-3-19(30)22)9-18(17)25(12)11-14-4-6-15(21)10-16(14)23/h2-10,30-31H,11H2,1H3. The number of aryl methyl sites for hydroxylation is 1. The summed E-state index contributed by atoms with van der Waals surface area (Å²) in [4.78, 5) is 17.7. The van der Waals surface area contributed by atoms with Crippen molar-refractivity contribution in [2.45, 2.75) is 13.5 Å². The zero-order chi connectivity index (χ0) is 22.3. The minimum atomic E-state index is -3.11. The molecule has 0 radical (unpaired) electrons. The molecule has 162 valence electrons. The highest BCUT2D eigenvalue weighted by atomic mass is 79.9. The molecule has 31 heavy (non-hydrogen) atoms. The molecule has 1 amide bonds. The number of hydrogen-bond acceptors (Lipinski definition) is 4. The highest BCUT2D eigenvalue weighted by molar-refractivity contribution is 9.14. The molecule has 1 aliphatic rings. The molecular formula is C20H16Br2ClN3O3S2. The average Bonchev–Trinajstić information content (AvgIpc) is 3.26. The van der Waals surface area contributed by atoms with Crippen molar-refractivity contribution in [3.8, 4) is 0 Å². The SMILES string of the molecule is Cc1nc2ccc(C(=O)N([SH]3C=CC=C3Br)[SH](=O)=O)cc2n1Cc1ccc(Br)cc1Cl. The van der Waals surface area contributed by atoms with Gasteiger partial charge in [0, 0.05) is 15.1 Å². The van der Waals surface area contributed by atoms with Crippen molar-refractivity contribution in [1.82, 2.24) is 13.3 Å². The largest absolute Gasteiger partial charge is 0.324 e. The van der Waals surface area contributed by atoms with E-state index in [0.29, 0.717) is 20.9 Å². The molecule has 0 saturated carbocycles. The van der Waals surface area contributed by atoms with Gasteiger partial charge in [0.05, 0.1) is 21.4 Å². The van der Waals surface area contributed by atoms with Gasteiger partial charge in [0.1, 0.15) is 5.82 Å². The smallest absolute Gasteiger partial charge is 0.276 e. The van der Waals surface area contributed by atoms with Crippen LogP contribution in [0.4, 0.5) is 0 Å². The molecular weight excluding hydrogens is 590 g/mol. The van der Waals surface area contributed by atoms with Crippen LogP contribution in [0.1, 0.15) is 21.7 Å². The van der Waals surface area contributed by atoms with Crippen LogP contribution in [0.5, 0.6) is 0 Å². The number of halogens is 3. The fourth-order valence-corrected chi connectivity index (χ4v) is 7.96. The number of rotatable bonds is 5. The van der Waals surface area contributed by atoms with E-state index in [1.807, 2.05) is 29.7 Å². The third-order valence-electron chi connectivity index (χ3n) is 4.75. The van der Waals surface area contributed by atoms with Crippen LogP contribution in [0.2, 0.25) is 5.02 Å². The Morgan fingerprint density at radius 3 is 2.65 bits per heavy atom. The summed E-state index contributed by atoms with van der Waals surface area (Å²) in [7, 11) is -3.11. The van der Waals surface area contributed by atoms with Crippen LogP contribution in [-0.4, -0.2) is 27.6 Å². The summed E-state index contributed by atoms with van der Waals surface area (Å²) in [5.41, 5.74) is 2.63. The van der Waals surface area contributed by atoms with Crippen LogP contribution in [0.25, 0.3) is 11.0 Å². The summed E-state index contributed by atoms with van der Waals surface area (Å²) in [6, 6.07) is 10.7. The third-order valence-corrected chi connectivity index (χ3v) is 10.1. The maximum Gasteiger partial charge on any atom is 0.276 e. The van der Waals surface area contributed by atoms with E-state index in [1.165, 1.54) is 0 Å². The van der Waals surface area contributed by atoms with Gasteiger partial charge in [0.2, 0.25) is 10.9 Å². The molecule has 1 aromatic heterocycles. The summed E-state index contributed by atoms with van der Waals surface area (Å²) < 4.78 is 28.3. The summed E-state index contributed by atoms with van der Waals surface area (Å²) >= 11 is 11.7. The second-order valence-corrected chi connectivity index (χ2v) is 12.5. The van der Waals surface area contributed by atoms with E-state index in [4.69, 9.17) is 11.6 Å². The number of fused-ring (bicyclic) bond motifs is 1. The van der Waals surface area contributed by atoms with Crippen LogP contribution in [0.3, 0.4) is 0 Å². The molecule has 0 spiro atoms. The van der Waals surface area contributed by atoms with Crippen LogP contribution in [-0.2, 0) is 17.4 Å². The number of thiol groups is 2. The monoisotopic (exact) mass is 603 g/mol. The average molecular weight is 606 g/mol. The fraction of sp³-hybridized carbons (Fsp3) is 0.100. The Morgan fingerprint density at radius 2 is 2.00 bits per heavy atom. The summed E-state index contributed by atoms with van der Waals surface area (Å²) in [6.07, 6.45) is 3.48. The lowest BCUT2D eigenvalue weighted by Gasteiger charge is -2.25. The van der Waals surface area contributed by atoms with E-state index in [0.717, 1.165) is 25.1 Å². The van der Waals surface area contributed by atoms with Crippen molar-refractivity contribution in [2.24, 2.45) is 0 Å². The first-order chi connectivity index (χ1) is 14.8. The van der Waals surface area contributed by atoms with Crippen molar-refractivity contribution in [3.63, 3.8) is 0 Å². The number of aromatic nitrogens is 2. The maximum absolute atomic E-state index is 13.2. The van der Waals surface area contributed by atoms with Gasteiger partial charge in [-0.3, -0.25) is 4.79 Å². The lowest BCUT2D eigenvalue weighted by Crippen LogP contribution is -2.25. The number of imidazole rings is 1. The van der Waals surface area contributed by atoms with Gasteiger partial charge in [-0.15, -0.1) is 11.1 Å². The van der Waals surface area contributed by atoms with Gasteiger partial charge < -0.3 is 4.57 Å². The number of benzene rings is 2. The predicted octanol–water partition coefficient (Wildman–Crippen LogP) is 5.46. The Kier molecular flexibility index (Phi) is 6.64. The van der Waals surface area contributed by atoms with Crippen molar-refractivity contribution in [3.05, 3.63) is 84.2 Å². The minimum absolute atomic E-state index is 0.276. The molecule has 2 aromatic carbocycles. The minimum Gasteiger partial charge on any atom is -0.324 e. The number of allylic oxidation sites excluding steroid dienone is 2. The molecule has 0 aliphatic carbocycles. The first-order valence-corrected chi connectivity index (χ1v) is 13.4. The zero-order valence-electron chi connectivity index (χ0n) is 16.0. The fourth-order valence-electron chi connectivity index (χ4n) is 3.27. The van der Waals surface area contributed by atoms with Crippen LogP contribution < -0.4 is 0 Å². The van der Waals surface area contributed by atoms with Gasteiger partial charge in [-0.1, -0.05) is 39.7 Å². The van der Waals surface area contributed by atoms with Gasteiger partial charge >= 0.3 is 0 Å². The first kappa shape index (κ1) is 22.6. The van der Waals surface area contributed by atoms with Crippen molar-refractivity contribution >= 4 is 82.4 Å². The number of carbonyl (C=O) groups is 1. The van der Waals surface area contributed by atoms with Crippen LogP contribution in [0, 0.1) is 6.92 Å². The molecule has 11 heteroatoms. The van der Waals surface area contributed by atoms with Gasteiger partial charge in [-0.05, 0) is 70.2 Å². The molecule has 4 rings (SSSR count). The van der Waals surface area contributed by atoms with E-state index in [9.17, 15) is 13.2 Å². The van der Waals surface area contributed by atoms with Crippen molar-refractivity contribution in [2.75, 3.05) is 0 Å². The molecule has 0 N–H and O–H groups in total. The molecule has 6 nitrogen and oxygen atoms in total. The first-order valence-electron chi connectivity index (χ1n) is 8.99. The molecule has 1 unspecified atom stereocenters. The number of hydrogen-bond donors (Lipinski definition) is 2. The third kappa shape index (κ3) is 4.49. The lowest BCUT2D eigenvalue weighted by molar-refractivity contribution is 0.0930. The van der Waals surface area contributed by atoms with E-state index in [-0.39, 0.29) is 5.56 Å². The lowest BCUT2D eigenvalue weighted by atomic mass is 10.2. The molecule has 3 aromatic rings. The quantitative estimate of drug-likeness (QED) is 0.379. The topological polar surface area (TPSA) is 72.3 Å². The van der Waals surface area contributed by atoms with Gasteiger partial charge in [-0.25, -0.2) is 13.4 Å². The molecule has 0 saturated heterocycles. The Morgan fingerprint density at radius 1 is 1.23 bits per heavy atom. The second-order valence-electron chi connectivity index (χ2n) is 6.69. The number of amides is 1. The Labute approximate surface area is 205 Å². The molecule has 1 atom stereocenters. The van der Waals surface area contributed by atoms with Gasteiger partial charge in [0.25, 0.3) is 5.91 Å². The molecule has 2 heterocycles. The molecule has 0 fully saturated rings. The van der Waals surface area contributed by atoms with Crippen LogP contribution in [0.15, 0.2) is 62.2 Å². The Balaban J connectivity index is 1.75. The number of carbonyl (C=O) groups excluding carboxylic acids is 1. The number of nitrogens with zero attached hydrogens (tertiary/aromatic N) is 3. The predicted molar refractivity (Wildman–Crippen MR) is 134 cm³/mol. The highest BCUT2D eigenvalue weighted by Crippen LogP contribution is 2.48. The van der Waals surface area contributed by atoms with Crippen LogP contribution >= 0.6 is 54.5 Å². The van der Waals surface area contributed by atoms with Crippen molar-refractivity contribution < 1.29 is 13.2 Å². The highest BCUT2D eigenvalue weighted by Gasteiger charge is 2.27. The van der Waals surface area contributed by atoms with E-state index in [2.05, 4.69) is 36.8 Å². The Bertz CT molecular complexity index is 1340. The Hall–Kier alpha value is -1.59. The summed E-state index contributed by atoms with van der Waals surface area (Å²) in [5, 5.41) is 2.33. The normalized spacial score (nSPS) is 16.8. The van der Waals surface area contributed by atoms with Gasteiger partial charge in [-0.2, -0.15) is 3.71 Å². The van der Waals surface area contributed by atoms with Crippen molar-refractivity contribution in [1.29, 1.82) is 0 Å². The van der Waals surface area contributed by atoms with E-state index < -0.39 is 27.9 Å². The van der Waals surface area contributed by atoms with Gasteiger partial charge in [0.15, 0.2) is 0 Å². The molecule has 1 aliphatic heterocycles. The van der Waals surface area contributed by atoms with E-state index in [1.54, 1.807) is 35.8 Å². The summed E-state index contributed by atoms with van der Waals surface area (Å²) in [6.45, 7) is 2.35. The molecule has 0 bridgehead atoms. The second kappa shape index (κ2) is 9.11. The zero-order valence-corrected chi connectivity index (χ0v) is 21.7. The van der Waals surface area contributed by atoms with E-state index >= 15 is 0 Å².